The van der Waals surface area contributed by atoms with Crippen LogP contribution in [0, 0.1) is 5.82 Å². The monoisotopic (exact) mass is 432 g/mol. The lowest BCUT2D eigenvalue weighted by Gasteiger charge is -2.09. The molecule has 0 aliphatic carbocycles. The summed E-state index contributed by atoms with van der Waals surface area (Å²) in [5, 5.41) is 12.7. The molecule has 0 radical (unpaired) electrons. The molecular formula is C22H17FN6O3. The van der Waals surface area contributed by atoms with E-state index in [2.05, 4.69) is 25.2 Å². The van der Waals surface area contributed by atoms with E-state index in [-0.39, 0.29) is 11.6 Å². The van der Waals surface area contributed by atoms with Gasteiger partial charge in [0, 0.05) is 23.3 Å². The average molecular weight is 432 g/mol. The number of benzene rings is 2. The lowest BCUT2D eigenvalue weighted by atomic mass is 10.2. The highest BCUT2D eigenvalue weighted by molar-refractivity contribution is 5.86. The number of hydrogen-bond donors (Lipinski definition) is 1. The average Bonchev–Trinajstić information content (AvgIpc) is 3.38. The summed E-state index contributed by atoms with van der Waals surface area (Å²) < 4.78 is 26.6. The van der Waals surface area contributed by atoms with E-state index in [1.807, 2.05) is 28.9 Å². The van der Waals surface area contributed by atoms with Crippen molar-refractivity contribution < 1.29 is 18.7 Å². The van der Waals surface area contributed by atoms with Crippen LogP contribution in [-0.4, -0.2) is 37.6 Å². The molecule has 0 aliphatic heterocycles. The minimum absolute atomic E-state index is 0.268. The first-order valence-electron chi connectivity index (χ1n) is 9.66. The largest absolute Gasteiger partial charge is 0.513 e. The van der Waals surface area contributed by atoms with E-state index in [0.717, 1.165) is 22.2 Å². The van der Waals surface area contributed by atoms with Crippen LogP contribution in [0.4, 0.5) is 20.7 Å². The molecule has 2 aromatic carbocycles. The highest BCUT2D eigenvalue weighted by atomic mass is 19.1. The molecule has 0 amide bonds. The maximum atomic E-state index is 13.5. The van der Waals surface area contributed by atoms with Crippen LogP contribution in [0.25, 0.3) is 16.4 Å². The summed E-state index contributed by atoms with van der Waals surface area (Å²) in [5.41, 5.74) is 2.98. The second-order valence-corrected chi connectivity index (χ2v) is 6.97. The van der Waals surface area contributed by atoms with Crippen molar-refractivity contribution in [1.29, 1.82) is 0 Å². The zero-order valence-electron chi connectivity index (χ0n) is 16.9. The molecule has 0 unspecified atom stereocenters. The van der Waals surface area contributed by atoms with Gasteiger partial charge < -0.3 is 14.8 Å². The number of halogens is 1. The number of nitrogens with zero attached hydrogens (tertiary/aromatic N) is 5. The van der Waals surface area contributed by atoms with Crippen LogP contribution in [-0.2, 0) is 11.3 Å². The molecule has 5 aromatic rings. The van der Waals surface area contributed by atoms with Crippen molar-refractivity contribution in [3.05, 3.63) is 78.6 Å². The van der Waals surface area contributed by atoms with Crippen LogP contribution in [0.15, 0.2) is 67.3 Å². The van der Waals surface area contributed by atoms with Crippen LogP contribution < -0.4 is 10.1 Å². The molecule has 0 bridgehead atoms. The molecule has 3 heterocycles. The van der Waals surface area contributed by atoms with E-state index in [0.29, 0.717) is 17.9 Å². The van der Waals surface area contributed by atoms with Gasteiger partial charge in [-0.2, -0.15) is 10.2 Å². The number of nitrogens with one attached hydrogen (secondary N) is 1. The van der Waals surface area contributed by atoms with Gasteiger partial charge in [-0.3, -0.25) is 4.68 Å². The molecule has 0 fully saturated rings. The summed E-state index contributed by atoms with van der Waals surface area (Å²) in [6, 6.07) is 13.8. The Morgan fingerprint density at radius 3 is 2.91 bits per heavy atom. The van der Waals surface area contributed by atoms with Crippen LogP contribution in [0.2, 0.25) is 0 Å². The first kappa shape index (κ1) is 19.5. The van der Waals surface area contributed by atoms with Crippen molar-refractivity contribution in [2.75, 3.05) is 12.4 Å². The number of hydrogen-bond acceptors (Lipinski definition) is 7. The normalized spacial score (nSPS) is 11.1. The molecular weight excluding hydrogens is 415 g/mol. The third-order valence-electron chi connectivity index (χ3n) is 4.90. The van der Waals surface area contributed by atoms with E-state index in [1.54, 1.807) is 29.0 Å². The van der Waals surface area contributed by atoms with E-state index < -0.39 is 6.16 Å². The van der Waals surface area contributed by atoms with E-state index in [4.69, 9.17) is 4.74 Å². The fourth-order valence-electron chi connectivity index (χ4n) is 3.47. The summed E-state index contributed by atoms with van der Waals surface area (Å²) >= 11 is 0. The lowest BCUT2D eigenvalue weighted by molar-refractivity contribution is 0.122. The molecule has 0 aliphatic rings. The lowest BCUT2D eigenvalue weighted by Crippen LogP contribution is -2.08. The maximum Gasteiger partial charge on any atom is 0.513 e. The summed E-state index contributed by atoms with van der Waals surface area (Å²) in [6.45, 7) is 0.457. The molecule has 9 nitrogen and oxygen atoms in total. The van der Waals surface area contributed by atoms with Crippen molar-refractivity contribution in [3.63, 3.8) is 0 Å². The summed E-state index contributed by atoms with van der Waals surface area (Å²) in [7, 11) is 1.24. The van der Waals surface area contributed by atoms with Crippen molar-refractivity contribution in [1.82, 2.24) is 24.4 Å². The van der Waals surface area contributed by atoms with Gasteiger partial charge in [-0.1, -0.05) is 12.1 Å². The van der Waals surface area contributed by atoms with Gasteiger partial charge in [0.15, 0.2) is 17.1 Å². The molecule has 0 atom stereocenters. The highest BCUT2D eigenvalue weighted by Crippen LogP contribution is 2.29. The fraction of sp³-hybridized carbons (Fsp3) is 0.0909. The Morgan fingerprint density at radius 1 is 1.16 bits per heavy atom. The molecule has 3 aromatic heterocycles. The van der Waals surface area contributed by atoms with Crippen LogP contribution >= 0.6 is 0 Å². The Balaban J connectivity index is 1.44. The highest BCUT2D eigenvalue weighted by Gasteiger charge is 2.15. The number of ether oxygens (including phenoxy) is 2. The van der Waals surface area contributed by atoms with Crippen LogP contribution in [0.5, 0.6) is 5.75 Å². The van der Waals surface area contributed by atoms with Crippen molar-refractivity contribution in [3.8, 4) is 5.75 Å². The third-order valence-corrected chi connectivity index (χ3v) is 4.90. The number of anilines is 2. The predicted molar refractivity (Wildman–Crippen MR) is 115 cm³/mol. The van der Waals surface area contributed by atoms with E-state index in [1.165, 1.54) is 25.6 Å². The molecule has 160 valence electrons. The van der Waals surface area contributed by atoms with Gasteiger partial charge in [-0.15, -0.1) is 0 Å². The van der Waals surface area contributed by atoms with Crippen molar-refractivity contribution in [2.45, 2.75) is 6.54 Å². The third kappa shape index (κ3) is 3.69. The number of fused-ring (bicyclic) bond motifs is 2. The Morgan fingerprint density at radius 2 is 2.06 bits per heavy atom. The van der Waals surface area contributed by atoms with Crippen molar-refractivity contribution in [2.24, 2.45) is 0 Å². The smallest absolute Gasteiger partial charge is 0.437 e. The topological polar surface area (TPSA) is 95.6 Å². The van der Waals surface area contributed by atoms with Gasteiger partial charge in [0.25, 0.3) is 0 Å². The summed E-state index contributed by atoms with van der Waals surface area (Å²) in [6.07, 6.45) is 3.96. The molecule has 1 N–H and O–H groups in total. The maximum absolute atomic E-state index is 13.5. The Hall–Kier alpha value is -4.47. The number of carbonyl (C=O) groups is 1. The van der Waals surface area contributed by atoms with Crippen molar-refractivity contribution >= 4 is 34.1 Å². The fourth-order valence-corrected chi connectivity index (χ4v) is 3.47. The standard InChI is InChI=1S/C22H17FN6O3/c1-31-22(30)32-19-7-8-28-20(19)21(24-13-26-28)27-17-5-6-18-15(10-17)11-25-29(18)12-14-3-2-4-16(23)9-14/h2-11,13H,12H2,1H3,(H,24,26,27). The minimum atomic E-state index is -0.833. The minimum Gasteiger partial charge on any atom is -0.437 e. The number of aromatic nitrogens is 5. The number of methoxy groups -OCH3 is 1. The molecule has 0 saturated carbocycles. The Kier molecular flexibility index (Phi) is 4.86. The van der Waals surface area contributed by atoms with Gasteiger partial charge >= 0.3 is 6.16 Å². The zero-order valence-corrected chi connectivity index (χ0v) is 16.9. The van der Waals surface area contributed by atoms with Gasteiger partial charge in [0.2, 0.25) is 0 Å². The first-order chi connectivity index (χ1) is 15.6. The molecule has 0 saturated heterocycles. The van der Waals surface area contributed by atoms with E-state index in [9.17, 15) is 9.18 Å². The Labute approximate surface area is 181 Å². The van der Waals surface area contributed by atoms with Gasteiger partial charge in [-0.05, 0) is 35.9 Å². The number of carbonyl (C=O) groups excluding carboxylic acids is 1. The molecule has 32 heavy (non-hydrogen) atoms. The van der Waals surface area contributed by atoms with Crippen LogP contribution in [0.3, 0.4) is 0 Å². The molecule has 10 heteroatoms. The second-order valence-electron chi connectivity index (χ2n) is 6.97. The predicted octanol–water partition coefficient (Wildman–Crippen LogP) is 4.16. The van der Waals surface area contributed by atoms with Gasteiger partial charge in [-0.25, -0.2) is 18.7 Å². The quantitative estimate of drug-likeness (QED) is 0.417. The zero-order chi connectivity index (χ0) is 22.1. The van der Waals surface area contributed by atoms with Crippen LogP contribution in [0.1, 0.15) is 5.56 Å². The number of rotatable bonds is 5. The van der Waals surface area contributed by atoms with Gasteiger partial charge in [0.05, 0.1) is 25.4 Å². The SMILES string of the molecule is COC(=O)Oc1ccn2ncnc(Nc3ccc4c(cnn4Cc4cccc(F)c4)c3)c12. The Bertz CT molecular complexity index is 1440. The molecule has 5 rings (SSSR count). The van der Waals surface area contributed by atoms with E-state index >= 15 is 0 Å². The second kappa shape index (κ2) is 7.99. The molecule has 0 spiro atoms. The summed E-state index contributed by atoms with van der Waals surface area (Å²) in [4.78, 5) is 15.8. The summed E-state index contributed by atoms with van der Waals surface area (Å²) in [5.74, 6) is 0.446. The van der Waals surface area contributed by atoms with Gasteiger partial charge in [0.1, 0.15) is 12.1 Å². The first-order valence-corrected chi connectivity index (χ1v) is 9.66.